The molecule has 4 heteroatoms. The number of piperidine rings is 1. The van der Waals surface area contributed by atoms with Gasteiger partial charge >= 0.3 is 0 Å². The van der Waals surface area contributed by atoms with E-state index in [1.807, 2.05) is 6.92 Å². The Morgan fingerprint density at radius 2 is 1.87 bits per heavy atom. The van der Waals surface area contributed by atoms with Gasteiger partial charge in [0.05, 0.1) is 12.0 Å². The van der Waals surface area contributed by atoms with Gasteiger partial charge in [0.25, 0.3) is 0 Å². The zero-order chi connectivity index (χ0) is 11.5. The van der Waals surface area contributed by atoms with Gasteiger partial charge in [0.2, 0.25) is 5.91 Å². The fourth-order valence-corrected chi connectivity index (χ4v) is 2.15. The van der Waals surface area contributed by atoms with E-state index in [0.717, 1.165) is 0 Å². The second kappa shape index (κ2) is 4.75. The van der Waals surface area contributed by atoms with Crippen molar-refractivity contribution in [1.29, 1.82) is 0 Å². The minimum absolute atomic E-state index is 0.0467. The molecule has 0 bridgehead atoms. The van der Waals surface area contributed by atoms with Gasteiger partial charge in [-0.15, -0.1) is 0 Å². The molecule has 0 aromatic heterocycles. The molecule has 1 heterocycles. The molecule has 0 aromatic carbocycles. The van der Waals surface area contributed by atoms with Crippen LogP contribution in [0.4, 0.5) is 0 Å². The molecule has 0 radical (unpaired) electrons. The van der Waals surface area contributed by atoms with Crippen molar-refractivity contribution < 1.29 is 14.7 Å². The molecule has 0 aromatic rings. The normalized spacial score (nSPS) is 20.1. The molecule has 0 atom stereocenters. The Bertz CT molecular complexity index is 255. The molecule has 15 heavy (non-hydrogen) atoms. The van der Waals surface area contributed by atoms with Crippen molar-refractivity contribution >= 4 is 11.7 Å². The number of ketones is 1. The fourth-order valence-electron chi connectivity index (χ4n) is 2.15. The van der Waals surface area contributed by atoms with Gasteiger partial charge in [-0.2, -0.15) is 0 Å². The highest BCUT2D eigenvalue weighted by molar-refractivity contribution is 5.85. The van der Waals surface area contributed by atoms with E-state index in [4.69, 9.17) is 0 Å². The molecule has 4 nitrogen and oxygen atoms in total. The number of aliphatic hydroxyl groups excluding tert-OH is 1. The number of nitrogens with zero attached hydrogens (tertiary/aromatic N) is 1. The van der Waals surface area contributed by atoms with Crippen molar-refractivity contribution in [3.63, 3.8) is 0 Å². The van der Waals surface area contributed by atoms with E-state index in [2.05, 4.69) is 0 Å². The predicted molar refractivity (Wildman–Crippen MR) is 56.3 cm³/mol. The SMILES string of the molecule is CCC(=O)C1(CO)CCN(C(C)=O)CC1. The van der Waals surface area contributed by atoms with Crippen LogP contribution < -0.4 is 0 Å². The number of hydrogen-bond acceptors (Lipinski definition) is 3. The fraction of sp³-hybridized carbons (Fsp3) is 0.818. The molecule has 1 saturated heterocycles. The van der Waals surface area contributed by atoms with Crippen molar-refractivity contribution in [2.45, 2.75) is 33.1 Å². The van der Waals surface area contributed by atoms with Crippen molar-refractivity contribution in [1.82, 2.24) is 4.90 Å². The maximum absolute atomic E-state index is 11.7. The second-order valence-electron chi connectivity index (χ2n) is 4.22. The van der Waals surface area contributed by atoms with Crippen LogP contribution in [0.1, 0.15) is 33.1 Å². The van der Waals surface area contributed by atoms with Crippen LogP contribution in [-0.4, -0.2) is 41.4 Å². The summed E-state index contributed by atoms with van der Waals surface area (Å²) < 4.78 is 0. The minimum atomic E-state index is -0.583. The lowest BCUT2D eigenvalue weighted by Gasteiger charge is -2.39. The number of Topliss-reactive ketones (excluding diaryl/α,β-unsaturated/α-hetero) is 1. The van der Waals surface area contributed by atoms with Crippen LogP contribution in [0, 0.1) is 5.41 Å². The second-order valence-corrected chi connectivity index (χ2v) is 4.22. The third kappa shape index (κ3) is 2.37. The molecule has 0 spiro atoms. The van der Waals surface area contributed by atoms with E-state index in [1.165, 1.54) is 6.92 Å². The lowest BCUT2D eigenvalue weighted by molar-refractivity contribution is -0.140. The highest BCUT2D eigenvalue weighted by Gasteiger charge is 2.39. The molecule has 1 fully saturated rings. The van der Waals surface area contributed by atoms with Crippen LogP contribution in [0.5, 0.6) is 0 Å². The lowest BCUT2D eigenvalue weighted by atomic mass is 9.74. The first kappa shape index (κ1) is 12.2. The molecule has 1 rings (SSSR count). The van der Waals surface area contributed by atoms with Gasteiger partial charge in [0.1, 0.15) is 5.78 Å². The molecule has 1 aliphatic heterocycles. The summed E-state index contributed by atoms with van der Waals surface area (Å²) >= 11 is 0. The Hall–Kier alpha value is -0.900. The Morgan fingerprint density at radius 1 is 1.33 bits per heavy atom. The smallest absolute Gasteiger partial charge is 0.219 e. The van der Waals surface area contributed by atoms with Gasteiger partial charge in [-0.25, -0.2) is 0 Å². The largest absolute Gasteiger partial charge is 0.395 e. The molecule has 0 unspecified atom stereocenters. The molecule has 0 saturated carbocycles. The summed E-state index contributed by atoms with van der Waals surface area (Å²) in [5, 5.41) is 9.34. The van der Waals surface area contributed by atoms with Crippen LogP contribution in [-0.2, 0) is 9.59 Å². The summed E-state index contributed by atoms with van der Waals surface area (Å²) in [5.41, 5.74) is -0.583. The van der Waals surface area contributed by atoms with Crippen LogP contribution in [0.15, 0.2) is 0 Å². The van der Waals surface area contributed by atoms with Crippen molar-refractivity contribution in [3.8, 4) is 0 Å². The average molecular weight is 213 g/mol. The molecular formula is C11H19NO3. The summed E-state index contributed by atoms with van der Waals surface area (Å²) in [6.07, 6.45) is 1.64. The number of carbonyl (C=O) groups excluding carboxylic acids is 2. The van der Waals surface area contributed by atoms with E-state index in [1.54, 1.807) is 4.90 Å². The predicted octanol–water partition coefficient (Wildman–Crippen LogP) is 0.587. The van der Waals surface area contributed by atoms with Crippen molar-refractivity contribution in [3.05, 3.63) is 0 Å². The first-order valence-corrected chi connectivity index (χ1v) is 5.45. The number of rotatable bonds is 3. The van der Waals surface area contributed by atoms with Crippen LogP contribution in [0.2, 0.25) is 0 Å². The molecule has 86 valence electrons. The van der Waals surface area contributed by atoms with Gasteiger partial charge in [-0.3, -0.25) is 9.59 Å². The number of carbonyl (C=O) groups is 2. The molecule has 1 N–H and O–H groups in total. The van der Waals surface area contributed by atoms with Gasteiger partial charge in [0, 0.05) is 26.4 Å². The Morgan fingerprint density at radius 3 is 2.20 bits per heavy atom. The van der Waals surface area contributed by atoms with Gasteiger partial charge in [-0.1, -0.05) is 6.92 Å². The Labute approximate surface area is 90.3 Å². The third-order valence-electron chi connectivity index (χ3n) is 3.38. The van der Waals surface area contributed by atoms with E-state index < -0.39 is 5.41 Å². The quantitative estimate of drug-likeness (QED) is 0.746. The molecule has 1 aliphatic rings. The number of likely N-dealkylation sites (tertiary alicyclic amines) is 1. The first-order chi connectivity index (χ1) is 7.05. The molecule has 0 aliphatic carbocycles. The number of hydrogen-bond donors (Lipinski definition) is 1. The van der Waals surface area contributed by atoms with Gasteiger partial charge in [0.15, 0.2) is 0 Å². The van der Waals surface area contributed by atoms with Gasteiger partial charge < -0.3 is 10.0 Å². The minimum Gasteiger partial charge on any atom is -0.395 e. The van der Waals surface area contributed by atoms with Crippen LogP contribution in [0.3, 0.4) is 0 Å². The number of amides is 1. The van der Waals surface area contributed by atoms with E-state index in [9.17, 15) is 14.7 Å². The highest BCUT2D eigenvalue weighted by atomic mass is 16.3. The summed E-state index contributed by atoms with van der Waals surface area (Å²) in [4.78, 5) is 24.6. The van der Waals surface area contributed by atoms with E-state index in [0.29, 0.717) is 32.4 Å². The Balaban J connectivity index is 2.66. The molecule has 1 amide bonds. The topological polar surface area (TPSA) is 57.6 Å². The summed E-state index contributed by atoms with van der Waals surface area (Å²) in [6, 6.07) is 0. The summed E-state index contributed by atoms with van der Waals surface area (Å²) in [6.45, 7) is 4.43. The zero-order valence-corrected chi connectivity index (χ0v) is 9.45. The zero-order valence-electron chi connectivity index (χ0n) is 9.45. The third-order valence-corrected chi connectivity index (χ3v) is 3.38. The summed E-state index contributed by atoms with van der Waals surface area (Å²) in [7, 11) is 0. The maximum Gasteiger partial charge on any atom is 0.219 e. The standard InChI is InChI=1S/C11H19NO3/c1-3-10(15)11(8-13)4-6-12(7-5-11)9(2)14/h13H,3-8H2,1-2H3. The van der Waals surface area contributed by atoms with Gasteiger partial charge in [-0.05, 0) is 12.8 Å². The van der Waals surface area contributed by atoms with E-state index >= 15 is 0 Å². The van der Waals surface area contributed by atoms with Crippen molar-refractivity contribution in [2.75, 3.05) is 19.7 Å². The lowest BCUT2D eigenvalue weighted by Crippen LogP contribution is -2.47. The highest BCUT2D eigenvalue weighted by Crippen LogP contribution is 2.33. The maximum atomic E-state index is 11.7. The van der Waals surface area contributed by atoms with E-state index in [-0.39, 0.29) is 18.3 Å². The van der Waals surface area contributed by atoms with Crippen molar-refractivity contribution in [2.24, 2.45) is 5.41 Å². The summed E-state index contributed by atoms with van der Waals surface area (Å²) in [5.74, 6) is 0.165. The molecular weight excluding hydrogens is 194 g/mol. The average Bonchev–Trinajstić information content (AvgIpc) is 2.27. The monoisotopic (exact) mass is 213 g/mol. The first-order valence-electron chi connectivity index (χ1n) is 5.45. The van der Waals surface area contributed by atoms with Crippen LogP contribution in [0.25, 0.3) is 0 Å². The Kier molecular flexibility index (Phi) is 3.85. The number of aliphatic hydroxyl groups is 1. The van der Waals surface area contributed by atoms with Crippen LogP contribution >= 0.6 is 0 Å².